The van der Waals surface area contributed by atoms with Gasteiger partial charge in [0, 0.05) is 24.0 Å². The van der Waals surface area contributed by atoms with Gasteiger partial charge in [0.1, 0.15) is 0 Å². The van der Waals surface area contributed by atoms with E-state index in [1.165, 1.54) is 4.90 Å². The van der Waals surface area contributed by atoms with Crippen molar-refractivity contribution < 1.29 is 9.59 Å². The highest BCUT2D eigenvalue weighted by molar-refractivity contribution is 7.98. The van der Waals surface area contributed by atoms with E-state index in [1.807, 2.05) is 51.0 Å². The van der Waals surface area contributed by atoms with Gasteiger partial charge >= 0.3 is 0 Å². The molecule has 1 aromatic rings. The molecule has 0 aromatic heterocycles. The summed E-state index contributed by atoms with van der Waals surface area (Å²) in [5.74, 6) is -0.0446. The molecule has 6 heteroatoms. The van der Waals surface area contributed by atoms with Crippen LogP contribution in [0.4, 0.5) is 0 Å². The van der Waals surface area contributed by atoms with Crippen LogP contribution in [0.1, 0.15) is 33.3 Å². The fourth-order valence-electron chi connectivity index (χ4n) is 2.35. The Morgan fingerprint density at radius 1 is 1.12 bits per heavy atom. The van der Waals surface area contributed by atoms with E-state index < -0.39 is 0 Å². The first-order valence-corrected chi connectivity index (χ1v) is 9.77. The van der Waals surface area contributed by atoms with Crippen molar-refractivity contribution in [1.29, 1.82) is 0 Å². The number of thioether (sulfide) groups is 1. The van der Waals surface area contributed by atoms with Crippen LogP contribution in [0.25, 0.3) is 0 Å². The summed E-state index contributed by atoms with van der Waals surface area (Å²) in [7, 11) is 1.80. The summed E-state index contributed by atoms with van der Waals surface area (Å²) in [5.41, 5.74) is 0.836. The Morgan fingerprint density at radius 3 is 2.20 bits per heavy atom. The SMILES string of the molecule is CCN(CC(=O)NC(C)(C)C)CC(=O)N(C)Cc1ccc(SC)cc1. The molecular formula is C19H31N3O2S. The predicted octanol–water partition coefficient (Wildman–Crippen LogP) is 2.60. The van der Waals surface area contributed by atoms with E-state index in [1.54, 1.807) is 23.7 Å². The Balaban J connectivity index is 2.54. The van der Waals surface area contributed by atoms with Crippen LogP contribution in [0, 0.1) is 0 Å². The zero-order valence-electron chi connectivity index (χ0n) is 16.3. The second-order valence-electron chi connectivity index (χ2n) is 7.20. The van der Waals surface area contributed by atoms with Crippen LogP contribution in [0.15, 0.2) is 29.2 Å². The molecule has 1 aromatic carbocycles. The number of likely N-dealkylation sites (N-methyl/N-ethyl adjacent to an activating group) is 2. The van der Waals surface area contributed by atoms with E-state index >= 15 is 0 Å². The fourth-order valence-corrected chi connectivity index (χ4v) is 2.75. The van der Waals surface area contributed by atoms with Gasteiger partial charge in [-0.1, -0.05) is 19.1 Å². The number of hydrogen-bond donors (Lipinski definition) is 1. The molecule has 0 fully saturated rings. The van der Waals surface area contributed by atoms with Crippen molar-refractivity contribution in [2.75, 3.05) is 32.9 Å². The maximum atomic E-state index is 12.5. The average Bonchev–Trinajstić information content (AvgIpc) is 2.52. The molecule has 2 amide bonds. The maximum absolute atomic E-state index is 12.5. The smallest absolute Gasteiger partial charge is 0.236 e. The molecule has 0 aliphatic rings. The summed E-state index contributed by atoms with van der Waals surface area (Å²) < 4.78 is 0. The van der Waals surface area contributed by atoms with Gasteiger partial charge in [-0.15, -0.1) is 11.8 Å². The molecule has 0 aliphatic heterocycles. The number of nitrogens with one attached hydrogen (secondary N) is 1. The van der Waals surface area contributed by atoms with Crippen LogP contribution in [-0.4, -0.2) is 60.1 Å². The summed E-state index contributed by atoms with van der Waals surface area (Å²) in [6.45, 7) is 9.49. The summed E-state index contributed by atoms with van der Waals surface area (Å²) >= 11 is 1.70. The highest BCUT2D eigenvalue weighted by Gasteiger charge is 2.19. The van der Waals surface area contributed by atoms with Gasteiger partial charge in [0.05, 0.1) is 13.1 Å². The second kappa shape index (κ2) is 9.82. The van der Waals surface area contributed by atoms with Crippen molar-refractivity contribution in [3.05, 3.63) is 29.8 Å². The zero-order chi connectivity index (χ0) is 19.0. The first-order valence-electron chi connectivity index (χ1n) is 8.55. The number of carbonyl (C=O) groups is 2. The molecule has 0 atom stereocenters. The van der Waals surface area contributed by atoms with Gasteiger partial charge in [-0.25, -0.2) is 0 Å². The maximum Gasteiger partial charge on any atom is 0.236 e. The molecule has 1 N–H and O–H groups in total. The van der Waals surface area contributed by atoms with Crippen LogP contribution in [-0.2, 0) is 16.1 Å². The molecule has 0 spiro atoms. The topological polar surface area (TPSA) is 52.7 Å². The predicted molar refractivity (Wildman–Crippen MR) is 105 cm³/mol. The lowest BCUT2D eigenvalue weighted by molar-refractivity contribution is -0.132. The molecule has 5 nitrogen and oxygen atoms in total. The number of rotatable bonds is 8. The number of nitrogens with zero attached hydrogens (tertiary/aromatic N) is 2. The van der Waals surface area contributed by atoms with E-state index in [2.05, 4.69) is 17.4 Å². The molecule has 0 saturated heterocycles. The number of amides is 2. The normalized spacial score (nSPS) is 11.5. The van der Waals surface area contributed by atoms with E-state index in [0.717, 1.165) is 5.56 Å². The Kier molecular flexibility index (Phi) is 8.45. The third-order valence-corrected chi connectivity index (χ3v) is 4.44. The van der Waals surface area contributed by atoms with Gasteiger partial charge < -0.3 is 10.2 Å². The lowest BCUT2D eigenvalue weighted by Crippen LogP contribution is -2.48. The summed E-state index contributed by atoms with van der Waals surface area (Å²) in [6, 6.07) is 8.22. The molecule has 25 heavy (non-hydrogen) atoms. The molecule has 0 unspecified atom stereocenters. The standard InChI is InChI=1S/C19H31N3O2S/c1-7-22(13-17(23)20-19(2,3)4)14-18(24)21(5)12-15-8-10-16(25-6)11-9-15/h8-11H,7,12-14H2,1-6H3,(H,20,23). The lowest BCUT2D eigenvalue weighted by Gasteiger charge is -2.26. The summed E-state index contributed by atoms with van der Waals surface area (Å²) in [6.07, 6.45) is 2.04. The minimum Gasteiger partial charge on any atom is -0.350 e. The fraction of sp³-hybridized carbons (Fsp3) is 0.579. The van der Waals surface area contributed by atoms with Crippen molar-refractivity contribution in [1.82, 2.24) is 15.1 Å². The highest BCUT2D eigenvalue weighted by Crippen LogP contribution is 2.15. The Hall–Kier alpha value is -1.53. The molecule has 0 aliphatic carbocycles. The average molecular weight is 366 g/mol. The van der Waals surface area contributed by atoms with Gasteiger partial charge in [0.25, 0.3) is 0 Å². The van der Waals surface area contributed by atoms with Gasteiger partial charge in [0.15, 0.2) is 0 Å². The molecule has 0 heterocycles. The molecule has 0 bridgehead atoms. The Morgan fingerprint density at radius 2 is 1.72 bits per heavy atom. The van der Waals surface area contributed by atoms with Gasteiger partial charge in [-0.2, -0.15) is 0 Å². The van der Waals surface area contributed by atoms with Crippen molar-refractivity contribution in [3.63, 3.8) is 0 Å². The van der Waals surface area contributed by atoms with Crippen LogP contribution in [0.5, 0.6) is 0 Å². The van der Waals surface area contributed by atoms with E-state index in [0.29, 0.717) is 13.1 Å². The molecule has 0 saturated carbocycles. The number of hydrogen-bond acceptors (Lipinski definition) is 4. The van der Waals surface area contributed by atoms with Gasteiger partial charge in [-0.05, 0) is 51.3 Å². The molecule has 1 rings (SSSR count). The number of carbonyl (C=O) groups excluding carboxylic acids is 2. The lowest BCUT2D eigenvalue weighted by atomic mass is 10.1. The van der Waals surface area contributed by atoms with Gasteiger partial charge in [-0.3, -0.25) is 14.5 Å². The highest BCUT2D eigenvalue weighted by atomic mass is 32.2. The second-order valence-corrected chi connectivity index (χ2v) is 8.08. The Bertz CT molecular complexity index is 567. The third kappa shape index (κ3) is 8.40. The first kappa shape index (κ1) is 21.5. The zero-order valence-corrected chi connectivity index (χ0v) is 17.1. The van der Waals surface area contributed by atoms with Crippen LogP contribution in [0.2, 0.25) is 0 Å². The molecular weight excluding hydrogens is 334 g/mol. The first-order chi connectivity index (χ1) is 11.6. The Labute approximate surface area is 156 Å². The molecule has 140 valence electrons. The van der Waals surface area contributed by atoms with Crippen LogP contribution in [0.3, 0.4) is 0 Å². The van der Waals surface area contributed by atoms with Crippen LogP contribution < -0.4 is 5.32 Å². The molecule has 0 radical (unpaired) electrons. The summed E-state index contributed by atoms with van der Waals surface area (Å²) in [4.78, 5) is 29.3. The van der Waals surface area contributed by atoms with Crippen molar-refractivity contribution in [2.24, 2.45) is 0 Å². The van der Waals surface area contributed by atoms with Crippen molar-refractivity contribution in [3.8, 4) is 0 Å². The monoisotopic (exact) mass is 365 g/mol. The quantitative estimate of drug-likeness (QED) is 0.720. The third-order valence-electron chi connectivity index (χ3n) is 3.69. The summed E-state index contributed by atoms with van der Waals surface area (Å²) in [5, 5.41) is 2.93. The largest absolute Gasteiger partial charge is 0.350 e. The van der Waals surface area contributed by atoms with Gasteiger partial charge in [0.2, 0.25) is 11.8 Å². The van der Waals surface area contributed by atoms with Crippen LogP contribution >= 0.6 is 11.8 Å². The van der Waals surface area contributed by atoms with E-state index in [-0.39, 0.29) is 30.4 Å². The number of benzene rings is 1. The van der Waals surface area contributed by atoms with E-state index in [9.17, 15) is 9.59 Å². The minimum absolute atomic E-state index is 0.0133. The minimum atomic E-state index is -0.264. The van der Waals surface area contributed by atoms with Crippen molar-refractivity contribution in [2.45, 2.75) is 44.7 Å². The van der Waals surface area contributed by atoms with Crippen molar-refractivity contribution >= 4 is 23.6 Å². The van der Waals surface area contributed by atoms with E-state index in [4.69, 9.17) is 0 Å².